The number of unbranched alkanes of at least 4 members (excludes halogenated alkanes) is 10. The van der Waals surface area contributed by atoms with Crippen LogP contribution in [0.1, 0.15) is 90.9 Å². The number of esters is 2. The molecule has 244 valence electrons. The Balaban J connectivity index is 1.76. The van der Waals surface area contributed by atoms with Crippen molar-refractivity contribution in [3.63, 3.8) is 0 Å². The highest BCUT2D eigenvalue weighted by Gasteiger charge is 2.21. The lowest BCUT2D eigenvalue weighted by molar-refractivity contribution is -0.137. The van der Waals surface area contributed by atoms with E-state index in [-0.39, 0.29) is 24.4 Å². The highest BCUT2D eigenvalue weighted by atomic mass is 35.5. The van der Waals surface area contributed by atoms with Crippen molar-refractivity contribution >= 4 is 112 Å². The molecule has 6 nitrogen and oxygen atoms in total. The quantitative estimate of drug-likeness (QED) is 0.0839. The summed E-state index contributed by atoms with van der Waals surface area (Å²) in [7, 11) is 0. The summed E-state index contributed by atoms with van der Waals surface area (Å²) in [4.78, 5) is 26.2. The number of halogens is 2. The van der Waals surface area contributed by atoms with Gasteiger partial charge in [-0.1, -0.05) is 101 Å². The molecule has 0 radical (unpaired) electrons. The molecule has 0 bridgehead atoms. The minimum atomic E-state index is -0.655. The summed E-state index contributed by atoms with van der Waals surface area (Å²) in [5, 5.41) is 21.5. The van der Waals surface area contributed by atoms with Gasteiger partial charge < -0.3 is 9.47 Å². The molecule has 46 heavy (non-hydrogen) atoms. The van der Waals surface area contributed by atoms with Gasteiger partial charge in [0.15, 0.2) is 11.1 Å². The smallest absolute Gasteiger partial charge is 0.350 e. The molecule has 0 unspecified atom stereocenters. The van der Waals surface area contributed by atoms with Crippen LogP contribution in [0.4, 0.5) is 0 Å². The molecule has 0 saturated heterocycles. The average Bonchev–Trinajstić information content (AvgIpc) is 3.78. The summed E-state index contributed by atoms with van der Waals surface area (Å²) in [6.07, 6.45) is 12.7. The maximum atomic E-state index is 13.1. The number of hydrogen-bond donors (Lipinski definition) is 0. The summed E-state index contributed by atoms with van der Waals surface area (Å²) in [5.74, 6) is -1.31. The average molecular weight is 736 g/mol. The van der Waals surface area contributed by atoms with Crippen LogP contribution in [0, 0.1) is 31.7 Å². The first-order valence-corrected chi connectivity index (χ1v) is 19.7. The highest BCUT2D eigenvalue weighted by Crippen LogP contribution is 2.36. The lowest BCUT2D eigenvalue weighted by Crippen LogP contribution is -2.14. The van der Waals surface area contributed by atoms with E-state index in [2.05, 4.69) is 26.0 Å². The van der Waals surface area contributed by atoms with Crippen molar-refractivity contribution in [2.24, 2.45) is 0 Å². The number of carbonyl (C=O) groups is 2. The van der Waals surface area contributed by atoms with Gasteiger partial charge in [-0.25, -0.2) is 9.59 Å². The third-order valence-corrected chi connectivity index (χ3v) is 12.9. The van der Waals surface area contributed by atoms with Crippen molar-refractivity contribution in [2.75, 3.05) is 13.2 Å². The Morgan fingerprint density at radius 3 is 1.37 bits per heavy atom. The number of ether oxygens (including phenoxy) is 2. The van der Waals surface area contributed by atoms with E-state index in [0.29, 0.717) is 28.5 Å². The predicted molar refractivity (Wildman–Crippen MR) is 193 cm³/mol. The molecule has 0 aliphatic heterocycles. The van der Waals surface area contributed by atoms with Gasteiger partial charge >= 0.3 is 11.9 Å². The van der Waals surface area contributed by atoms with E-state index in [4.69, 9.17) is 32.7 Å². The van der Waals surface area contributed by atoms with E-state index in [0.717, 1.165) is 69.8 Å². The molecule has 0 amide bonds. The van der Waals surface area contributed by atoms with Gasteiger partial charge in [-0.15, -0.1) is 45.3 Å². The van der Waals surface area contributed by atoms with Gasteiger partial charge in [0.2, 0.25) is 0 Å². The van der Waals surface area contributed by atoms with Gasteiger partial charge in [0, 0.05) is 10.8 Å². The number of nitrogens with zero attached hydrogens (tertiary/aromatic N) is 2. The molecule has 4 heterocycles. The molecule has 0 atom stereocenters. The van der Waals surface area contributed by atoms with E-state index < -0.39 is 11.9 Å². The molecule has 4 aromatic heterocycles. The maximum absolute atomic E-state index is 13.1. The number of hydrogen-bond acceptors (Lipinski definition) is 10. The first-order valence-electron chi connectivity index (χ1n) is 15.7. The number of fused-ring (bicyclic) bond motifs is 2. The van der Waals surface area contributed by atoms with Crippen LogP contribution in [0.3, 0.4) is 0 Å². The van der Waals surface area contributed by atoms with Crippen molar-refractivity contribution < 1.29 is 19.1 Å². The molecular formula is C34H36Cl2N2O4S4. The minimum Gasteiger partial charge on any atom is -0.462 e. The lowest BCUT2D eigenvalue weighted by atomic mass is 10.1. The van der Waals surface area contributed by atoms with Gasteiger partial charge in [0.25, 0.3) is 0 Å². The van der Waals surface area contributed by atoms with Crippen molar-refractivity contribution in [1.29, 1.82) is 10.5 Å². The van der Waals surface area contributed by atoms with Gasteiger partial charge in [-0.3, -0.25) is 0 Å². The molecule has 12 heteroatoms. The molecule has 0 aromatic carbocycles. The van der Waals surface area contributed by atoms with E-state index in [1.54, 1.807) is 12.1 Å². The Hall–Kier alpha value is -2.44. The first-order chi connectivity index (χ1) is 22.3. The van der Waals surface area contributed by atoms with Crippen molar-refractivity contribution in [2.45, 2.75) is 90.9 Å². The lowest BCUT2D eigenvalue weighted by Gasteiger charge is -2.03. The van der Waals surface area contributed by atoms with Crippen molar-refractivity contribution in [3.8, 4) is 12.1 Å². The van der Waals surface area contributed by atoms with Crippen LogP contribution < -0.4 is 9.06 Å². The standard InChI is InChI=1S/C34H36Cl2N2O4S4/c1-3-5-7-9-11-13-15-41-33(39)23(19-37)27-21-17-25(35)43-29(21)31(45-27)32-30-22(18-26(36)44-30)28(46-32)24(20-38)34(40)42-16-14-12-10-8-6-4-2/h17-18H,3-16H2,1-2H3/b27-23-,28-24-,32-31+. The van der Waals surface area contributed by atoms with Crippen LogP contribution in [0.2, 0.25) is 8.67 Å². The molecule has 0 aliphatic carbocycles. The number of nitriles is 2. The fraction of sp³-hybridized carbons (Fsp3) is 0.471. The molecule has 0 aliphatic rings. The molecule has 0 N–H and O–H groups in total. The second-order valence-electron chi connectivity index (χ2n) is 10.9. The van der Waals surface area contributed by atoms with Crippen LogP contribution in [0.25, 0.3) is 31.3 Å². The Labute approximate surface area is 294 Å². The minimum absolute atomic E-state index is 0.0681. The predicted octanol–water partition coefficient (Wildman–Crippen LogP) is 9.99. The molecule has 4 rings (SSSR count). The highest BCUT2D eigenvalue weighted by molar-refractivity contribution is 7.27. The van der Waals surface area contributed by atoms with E-state index in [1.807, 2.05) is 0 Å². The normalized spacial score (nSPS) is 13.4. The van der Waals surface area contributed by atoms with Crippen LogP contribution in [-0.4, -0.2) is 25.2 Å². The Bertz CT molecular complexity index is 1850. The van der Waals surface area contributed by atoms with E-state index in [1.165, 1.54) is 71.0 Å². The Morgan fingerprint density at radius 2 is 1.00 bits per heavy atom. The zero-order chi connectivity index (χ0) is 33.1. The SMILES string of the molecule is CCCCCCCCOC(=O)/C(C#N)=c1\s/c(=c2/s/c(=C(/C#N)C(=O)OCCCCCCCC)c3cc(Cl)sc23)c2sc(Cl)cc12. The fourth-order valence-electron chi connectivity index (χ4n) is 5.09. The van der Waals surface area contributed by atoms with E-state index in [9.17, 15) is 20.1 Å². The monoisotopic (exact) mass is 734 g/mol. The van der Waals surface area contributed by atoms with Crippen molar-refractivity contribution in [1.82, 2.24) is 0 Å². The van der Waals surface area contributed by atoms with Crippen LogP contribution in [-0.2, 0) is 19.1 Å². The molecule has 4 aromatic rings. The Morgan fingerprint density at radius 1 is 0.630 bits per heavy atom. The summed E-state index contributed by atoms with van der Waals surface area (Å²) >= 11 is 18.2. The van der Waals surface area contributed by atoms with E-state index >= 15 is 0 Å². The van der Waals surface area contributed by atoms with Gasteiger partial charge in [0.1, 0.15) is 12.1 Å². The zero-order valence-electron chi connectivity index (χ0n) is 26.0. The number of thiophene rings is 4. The first kappa shape index (κ1) is 36.4. The van der Waals surface area contributed by atoms with Gasteiger partial charge in [-0.2, -0.15) is 10.5 Å². The molecular weight excluding hydrogens is 700 g/mol. The zero-order valence-corrected chi connectivity index (χ0v) is 30.7. The van der Waals surface area contributed by atoms with Gasteiger partial charge in [-0.05, 0) is 25.0 Å². The summed E-state index contributed by atoms with van der Waals surface area (Å²) in [6.45, 7) is 4.85. The second-order valence-corrected chi connectivity index (χ2v) is 16.3. The maximum Gasteiger partial charge on any atom is 0.350 e. The van der Waals surface area contributed by atoms with Gasteiger partial charge in [0.05, 0.1) is 49.4 Å². The fourth-order valence-corrected chi connectivity index (χ4v) is 10.7. The number of carbonyl (C=O) groups excluding carboxylic acids is 2. The second kappa shape index (κ2) is 18.2. The van der Waals surface area contributed by atoms with Crippen LogP contribution in [0.5, 0.6) is 0 Å². The largest absolute Gasteiger partial charge is 0.462 e. The molecule has 0 saturated carbocycles. The number of rotatable bonds is 16. The topological polar surface area (TPSA) is 100 Å². The molecule has 0 spiro atoms. The third kappa shape index (κ3) is 8.92. The van der Waals surface area contributed by atoms with Crippen LogP contribution in [0.15, 0.2) is 12.1 Å². The summed E-state index contributed by atoms with van der Waals surface area (Å²) < 4.78 is 16.2. The summed E-state index contributed by atoms with van der Waals surface area (Å²) in [6, 6.07) is 7.66. The Kier molecular flexibility index (Phi) is 14.4. The van der Waals surface area contributed by atoms with Crippen molar-refractivity contribution in [3.05, 3.63) is 38.9 Å². The van der Waals surface area contributed by atoms with Crippen LogP contribution >= 0.6 is 68.5 Å². The molecule has 0 fully saturated rings. The third-order valence-electron chi connectivity index (χ3n) is 7.47. The summed E-state index contributed by atoms with van der Waals surface area (Å²) in [5.41, 5.74) is -0.136.